The molecule has 0 bridgehead atoms. The number of epoxide rings is 1. The molecule has 1 heterocycles. The molecule has 0 saturated carbocycles. The first-order valence-corrected chi connectivity index (χ1v) is 4.89. The Morgan fingerprint density at radius 3 is 2.46 bits per heavy atom. The predicted octanol–water partition coefficient (Wildman–Crippen LogP) is 2.48. The lowest BCUT2D eigenvalue weighted by molar-refractivity contribution is -0.118. The fourth-order valence-electron chi connectivity index (χ4n) is 1.33. The van der Waals surface area contributed by atoms with Gasteiger partial charge in [-0.3, -0.25) is 4.79 Å². The quantitative estimate of drug-likeness (QED) is 0.744. The summed E-state index contributed by atoms with van der Waals surface area (Å²) < 4.78 is 6.28. The van der Waals surface area contributed by atoms with Gasteiger partial charge in [0.05, 0.1) is 0 Å². The van der Waals surface area contributed by atoms with Crippen molar-refractivity contribution in [1.82, 2.24) is 0 Å². The van der Waals surface area contributed by atoms with Crippen molar-refractivity contribution < 1.29 is 9.53 Å². The Balaban J connectivity index is 2.12. The summed E-state index contributed by atoms with van der Waals surface area (Å²) in [5, 5.41) is 0. The third-order valence-electron chi connectivity index (χ3n) is 2.09. The molecule has 0 spiro atoms. The lowest BCUT2D eigenvalue weighted by Crippen LogP contribution is -2.00. The van der Waals surface area contributed by atoms with Gasteiger partial charge in [-0.2, -0.15) is 0 Å². The SMILES string of the molecule is CC(=O)[C@H]1O[C@@H]1c1ccc(Br)cc1. The van der Waals surface area contributed by atoms with Gasteiger partial charge < -0.3 is 4.74 Å². The number of benzene rings is 1. The van der Waals surface area contributed by atoms with Gasteiger partial charge in [0.2, 0.25) is 0 Å². The summed E-state index contributed by atoms with van der Waals surface area (Å²) >= 11 is 3.35. The number of carbonyl (C=O) groups is 1. The third kappa shape index (κ3) is 1.81. The summed E-state index contributed by atoms with van der Waals surface area (Å²) in [5.74, 6) is 0.105. The average molecular weight is 241 g/mol. The van der Waals surface area contributed by atoms with Crippen LogP contribution in [0.1, 0.15) is 18.6 Å². The molecular weight excluding hydrogens is 232 g/mol. The van der Waals surface area contributed by atoms with Crippen molar-refractivity contribution in [3.8, 4) is 0 Å². The summed E-state index contributed by atoms with van der Waals surface area (Å²) in [6, 6.07) is 7.85. The first-order chi connectivity index (χ1) is 6.18. The highest BCUT2D eigenvalue weighted by atomic mass is 79.9. The Morgan fingerprint density at radius 1 is 1.38 bits per heavy atom. The number of hydrogen-bond donors (Lipinski definition) is 0. The smallest absolute Gasteiger partial charge is 0.161 e. The molecule has 1 aromatic carbocycles. The van der Waals surface area contributed by atoms with E-state index in [4.69, 9.17) is 4.74 Å². The topological polar surface area (TPSA) is 29.6 Å². The largest absolute Gasteiger partial charge is 0.356 e. The van der Waals surface area contributed by atoms with E-state index in [1.807, 2.05) is 24.3 Å². The van der Waals surface area contributed by atoms with Crippen molar-refractivity contribution in [2.24, 2.45) is 0 Å². The zero-order valence-corrected chi connectivity index (χ0v) is 8.74. The molecule has 0 unspecified atom stereocenters. The maximum absolute atomic E-state index is 10.9. The van der Waals surface area contributed by atoms with Crippen LogP contribution in [0.2, 0.25) is 0 Å². The van der Waals surface area contributed by atoms with E-state index in [1.54, 1.807) is 6.92 Å². The Morgan fingerprint density at radius 2 is 2.00 bits per heavy atom. The Kier molecular flexibility index (Phi) is 2.22. The van der Waals surface area contributed by atoms with Crippen molar-refractivity contribution >= 4 is 21.7 Å². The highest BCUT2D eigenvalue weighted by molar-refractivity contribution is 9.10. The predicted molar refractivity (Wildman–Crippen MR) is 52.4 cm³/mol. The van der Waals surface area contributed by atoms with Gasteiger partial charge in [0.1, 0.15) is 12.2 Å². The maximum atomic E-state index is 10.9. The number of halogens is 1. The Labute approximate surface area is 85.0 Å². The molecule has 0 aliphatic carbocycles. The highest BCUT2D eigenvalue weighted by Crippen LogP contribution is 2.39. The zero-order valence-electron chi connectivity index (χ0n) is 7.16. The molecule has 2 atom stereocenters. The fourth-order valence-corrected chi connectivity index (χ4v) is 1.59. The summed E-state index contributed by atoms with van der Waals surface area (Å²) in [5.41, 5.74) is 1.07. The molecule has 2 nitrogen and oxygen atoms in total. The molecule has 1 saturated heterocycles. The van der Waals surface area contributed by atoms with E-state index in [0.29, 0.717) is 0 Å². The van der Waals surface area contributed by atoms with Crippen LogP contribution in [0.15, 0.2) is 28.7 Å². The molecule has 1 aliphatic rings. The zero-order chi connectivity index (χ0) is 9.42. The van der Waals surface area contributed by atoms with Crippen LogP contribution in [0.3, 0.4) is 0 Å². The molecule has 2 rings (SSSR count). The highest BCUT2D eigenvalue weighted by Gasteiger charge is 2.43. The number of carbonyl (C=O) groups excluding carboxylic acids is 1. The van der Waals surface area contributed by atoms with Gasteiger partial charge in [0, 0.05) is 4.47 Å². The molecule has 0 amide bonds. The second kappa shape index (κ2) is 3.24. The van der Waals surface area contributed by atoms with E-state index in [1.165, 1.54) is 0 Å². The van der Waals surface area contributed by atoms with Crippen LogP contribution >= 0.6 is 15.9 Å². The molecule has 68 valence electrons. The Bertz CT molecular complexity index is 331. The van der Waals surface area contributed by atoms with Crippen LogP contribution in [0.5, 0.6) is 0 Å². The Hall–Kier alpha value is -0.670. The van der Waals surface area contributed by atoms with Crippen molar-refractivity contribution in [1.29, 1.82) is 0 Å². The van der Waals surface area contributed by atoms with Gasteiger partial charge in [-0.15, -0.1) is 0 Å². The van der Waals surface area contributed by atoms with Crippen LogP contribution in [0.25, 0.3) is 0 Å². The second-order valence-corrected chi connectivity index (χ2v) is 4.06. The first-order valence-electron chi connectivity index (χ1n) is 4.10. The maximum Gasteiger partial charge on any atom is 0.161 e. The summed E-state index contributed by atoms with van der Waals surface area (Å²) in [4.78, 5) is 10.9. The average Bonchev–Trinajstić information content (AvgIpc) is 2.85. The van der Waals surface area contributed by atoms with Crippen LogP contribution in [-0.2, 0) is 9.53 Å². The lowest BCUT2D eigenvalue weighted by Gasteiger charge is -1.94. The number of Topliss-reactive ketones (excluding diaryl/α,β-unsaturated/α-hetero) is 1. The second-order valence-electron chi connectivity index (χ2n) is 3.14. The van der Waals surface area contributed by atoms with Crippen molar-refractivity contribution in [2.75, 3.05) is 0 Å². The first kappa shape index (κ1) is 8.91. The lowest BCUT2D eigenvalue weighted by atomic mass is 10.1. The van der Waals surface area contributed by atoms with Gasteiger partial charge in [-0.05, 0) is 24.6 Å². The van der Waals surface area contributed by atoms with Crippen molar-refractivity contribution in [3.05, 3.63) is 34.3 Å². The van der Waals surface area contributed by atoms with Gasteiger partial charge in [-0.25, -0.2) is 0 Å². The van der Waals surface area contributed by atoms with E-state index >= 15 is 0 Å². The molecule has 0 N–H and O–H groups in total. The van der Waals surface area contributed by atoms with E-state index in [0.717, 1.165) is 10.0 Å². The molecule has 0 radical (unpaired) electrons. The summed E-state index contributed by atoms with van der Waals surface area (Å²) in [7, 11) is 0. The van der Waals surface area contributed by atoms with Crippen LogP contribution in [0, 0.1) is 0 Å². The van der Waals surface area contributed by atoms with Crippen LogP contribution < -0.4 is 0 Å². The number of ketones is 1. The number of hydrogen-bond acceptors (Lipinski definition) is 2. The van der Waals surface area contributed by atoms with Gasteiger partial charge >= 0.3 is 0 Å². The molecule has 1 fully saturated rings. The molecule has 0 aromatic heterocycles. The van der Waals surface area contributed by atoms with E-state index in [2.05, 4.69) is 15.9 Å². The molecule has 3 heteroatoms. The standard InChI is InChI=1S/C10H9BrO2/c1-6(12)9-10(13-9)7-2-4-8(11)5-3-7/h2-5,9-10H,1H3/t9-,10-/m1/s1. The van der Waals surface area contributed by atoms with Gasteiger partial charge in [0.15, 0.2) is 5.78 Å². The minimum atomic E-state index is -0.207. The molecule has 1 aromatic rings. The minimum Gasteiger partial charge on any atom is -0.356 e. The molecular formula is C10H9BrO2. The monoisotopic (exact) mass is 240 g/mol. The normalized spacial score (nSPS) is 25.7. The van der Waals surface area contributed by atoms with Gasteiger partial charge in [0.25, 0.3) is 0 Å². The van der Waals surface area contributed by atoms with Crippen LogP contribution in [-0.4, -0.2) is 11.9 Å². The summed E-state index contributed by atoms with van der Waals surface area (Å²) in [6.45, 7) is 1.56. The number of ether oxygens (including phenoxy) is 1. The molecule has 1 aliphatic heterocycles. The van der Waals surface area contributed by atoms with Crippen LogP contribution in [0.4, 0.5) is 0 Å². The molecule has 13 heavy (non-hydrogen) atoms. The summed E-state index contributed by atoms with van der Waals surface area (Å²) in [6.07, 6.45) is -0.216. The van der Waals surface area contributed by atoms with Crippen molar-refractivity contribution in [2.45, 2.75) is 19.1 Å². The minimum absolute atomic E-state index is 0.00870. The number of rotatable bonds is 2. The van der Waals surface area contributed by atoms with Gasteiger partial charge in [-0.1, -0.05) is 28.1 Å². The fraction of sp³-hybridized carbons (Fsp3) is 0.300. The van der Waals surface area contributed by atoms with Crippen molar-refractivity contribution in [3.63, 3.8) is 0 Å². The third-order valence-corrected chi connectivity index (χ3v) is 2.62. The van der Waals surface area contributed by atoms with E-state index in [-0.39, 0.29) is 18.0 Å². The van der Waals surface area contributed by atoms with E-state index in [9.17, 15) is 4.79 Å². The van der Waals surface area contributed by atoms with E-state index < -0.39 is 0 Å².